The van der Waals surface area contributed by atoms with Crippen LogP contribution in [0.25, 0.3) is 27.3 Å². The molecule has 1 aliphatic rings. The predicted molar refractivity (Wildman–Crippen MR) is 177 cm³/mol. The Morgan fingerprint density at radius 3 is 2.05 bits per heavy atom. The van der Waals surface area contributed by atoms with Gasteiger partial charge in [0, 0.05) is 11.5 Å². The van der Waals surface area contributed by atoms with Crippen molar-refractivity contribution in [2.24, 2.45) is 0 Å². The summed E-state index contributed by atoms with van der Waals surface area (Å²) in [7, 11) is -2.51. The van der Waals surface area contributed by atoms with Gasteiger partial charge in [-0.15, -0.1) is 58.5 Å². The maximum absolute atomic E-state index is 6.91. The Bertz CT molecular complexity index is 1390. The van der Waals surface area contributed by atoms with Crippen molar-refractivity contribution in [1.82, 2.24) is 0 Å². The first kappa shape index (κ1) is 37.2. The van der Waals surface area contributed by atoms with Crippen LogP contribution in [-0.4, -0.2) is 24.0 Å². The van der Waals surface area contributed by atoms with E-state index < -0.39 is 17.1 Å². The molecule has 1 aliphatic carbocycles. The molecule has 0 bridgehead atoms. The average molecular weight is 675 g/mol. The summed E-state index contributed by atoms with van der Waals surface area (Å²) in [5.41, 5.74) is 5.68. The fraction of sp³-hybridized carbons (Fsp3) is 0.258. The number of allylic oxidation sites excluding steroid dienone is 1. The third kappa shape index (κ3) is 6.90. The van der Waals surface area contributed by atoms with Crippen molar-refractivity contribution in [1.29, 1.82) is 0 Å². The standard InChI is InChI=1S/C29H32OSi2.2CH3.2ClH.Si.Zr/c1-7-19-13-10-17-24-26(19)28(30-32(4,5)6)29(31(2)3)27(24)23-16-11-15-22-21-14-9-8-12-20(21)18-25(22)23;;;;;;/h8-18,27H,7H2,1-6H3;2*1H3;2*1H;;/q3*-1;;;;. The van der Waals surface area contributed by atoms with Gasteiger partial charge < -0.3 is 19.3 Å². The van der Waals surface area contributed by atoms with Crippen LogP contribution in [0.4, 0.5) is 0 Å². The molecule has 0 fully saturated rings. The second-order valence-electron chi connectivity index (χ2n) is 10.2. The maximum atomic E-state index is 6.91. The van der Waals surface area contributed by atoms with E-state index in [1.165, 1.54) is 72.9 Å². The van der Waals surface area contributed by atoms with Crippen molar-refractivity contribution in [2.75, 3.05) is 0 Å². The van der Waals surface area contributed by atoms with Crippen LogP contribution in [0, 0.1) is 14.9 Å². The van der Waals surface area contributed by atoms with Crippen LogP contribution in [0.15, 0.2) is 71.9 Å². The fourth-order valence-electron chi connectivity index (χ4n) is 5.36. The Kier molecular flexibility index (Phi) is 14.9. The predicted octanol–water partition coefficient (Wildman–Crippen LogP) is 9.64. The number of rotatable bonds is 5. The molecule has 1 nitrogen and oxygen atoms in total. The molecule has 1 atom stereocenters. The van der Waals surface area contributed by atoms with Gasteiger partial charge in [-0.25, -0.2) is 0 Å². The summed E-state index contributed by atoms with van der Waals surface area (Å²) in [6.45, 7) is 17.1. The molecule has 4 aromatic carbocycles. The van der Waals surface area contributed by atoms with Gasteiger partial charge in [0.1, 0.15) is 5.76 Å². The number of fused-ring (bicyclic) bond motifs is 4. The van der Waals surface area contributed by atoms with Gasteiger partial charge in [0.25, 0.3) is 0 Å². The molecule has 3 radical (unpaired) electrons. The van der Waals surface area contributed by atoms with Crippen LogP contribution in [-0.2, 0) is 34.2 Å². The molecule has 4 aromatic rings. The van der Waals surface area contributed by atoms with E-state index in [0.29, 0.717) is 0 Å². The van der Waals surface area contributed by atoms with Crippen molar-refractivity contribution in [3.63, 3.8) is 0 Å². The first-order valence-corrected chi connectivity index (χ1v) is 22.1. The van der Waals surface area contributed by atoms with Crippen molar-refractivity contribution in [3.05, 3.63) is 109 Å². The van der Waals surface area contributed by atoms with Gasteiger partial charge in [-0.3, -0.25) is 0 Å². The van der Waals surface area contributed by atoms with Gasteiger partial charge in [-0.05, 0) is 42.4 Å². The molecule has 0 amide bonds. The summed E-state index contributed by atoms with van der Waals surface area (Å²) in [5.74, 6) is 1.50. The molecule has 0 heterocycles. The summed E-state index contributed by atoms with van der Waals surface area (Å²) in [6.07, 6.45) is 1.03. The number of hydrogen-bond donors (Lipinski definition) is 0. The molecule has 0 spiro atoms. The van der Waals surface area contributed by atoms with Crippen molar-refractivity contribution < 1.29 is 27.8 Å². The van der Waals surface area contributed by atoms with E-state index in [2.05, 4.69) is 113 Å². The quantitative estimate of drug-likeness (QED) is 0.151. The van der Waals surface area contributed by atoms with E-state index in [1.807, 2.05) is 0 Å². The monoisotopic (exact) mass is 672 g/mol. The Hall–Kier alpha value is -0.816. The molecule has 38 heavy (non-hydrogen) atoms. The van der Waals surface area contributed by atoms with Crippen molar-refractivity contribution in [2.45, 2.75) is 52.0 Å². The van der Waals surface area contributed by atoms with Crippen LogP contribution in [0.5, 0.6) is 0 Å². The number of benzene rings is 3. The molecule has 7 heteroatoms. The van der Waals surface area contributed by atoms with E-state index in [4.69, 9.17) is 4.43 Å². The first-order chi connectivity index (χ1) is 16.3. The summed E-state index contributed by atoms with van der Waals surface area (Å²) in [4.78, 5) is 0. The zero-order chi connectivity index (χ0) is 24.6. The fourth-order valence-corrected chi connectivity index (χ4v) is 7.80. The normalized spacial score (nSPS) is 13.9. The van der Waals surface area contributed by atoms with Crippen molar-refractivity contribution >= 4 is 76.1 Å². The Labute approximate surface area is 263 Å². The minimum absolute atomic E-state index is 0. The molecule has 1 unspecified atom stereocenters. The molecular formula is C31H40Cl2OSi3Zr-3. The van der Waals surface area contributed by atoms with Crippen LogP contribution < -0.4 is 0 Å². The molecule has 0 saturated heterocycles. The van der Waals surface area contributed by atoms with E-state index >= 15 is 0 Å². The van der Waals surface area contributed by atoms with Gasteiger partial charge in [-0.2, -0.15) is 0 Å². The van der Waals surface area contributed by atoms with Gasteiger partial charge in [0.2, 0.25) is 8.32 Å². The third-order valence-electron chi connectivity index (χ3n) is 6.58. The van der Waals surface area contributed by atoms with Crippen LogP contribution in [0.1, 0.15) is 35.1 Å². The van der Waals surface area contributed by atoms with Crippen LogP contribution in [0.3, 0.4) is 0 Å². The molecule has 0 aromatic heterocycles. The van der Waals surface area contributed by atoms with Gasteiger partial charge in [0.15, 0.2) is 0 Å². The molecule has 203 valence electrons. The summed E-state index contributed by atoms with van der Waals surface area (Å²) in [6, 6.07) is 25.0. The van der Waals surface area contributed by atoms with Crippen LogP contribution >= 0.6 is 24.8 Å². The Morgan fingerprint density at radius 1 is 0.868 bits per heavy atom. The summed E-state index contributed by atoms with van der Waals surface area (Å²) < 4.78 is 6.91. The minimum atomic E-state index is -1.77. The zero-order valence-electron chi connectivity index (χ0n) is 23.9. The average Bonchev–Trinajstić information content (AvgIpc) is 3.35. The summed E-state index contributed by atoms with van der Waals surface area (Å²) in [5, 5.41) is 6.99. The van der Waals surface area contributed by atoms with Gasteiger partial charge in [0.05, 0.1) is 8.80 Å². The molecule has 0 saturated carbocycles. The Balaban J connectivity index is 0.00000223. The van der Waals surface area contributed by atoms with Crippen molar-refractivity contribution in [3.8, 4) is 0 Å². The second-order valence-corrected chi connectivity index (χ2v) is 17.1. The molecule has 0 aliphatic heterocycles. The zero-order valence-corrected chi connectivity index (χ0v) is 31.0. The third-order valence-corrected chi connectivity index (χ3v) is 8.99. The van der Waals surface area contributed by atoms with E-state index in [0.717, 1.165) is 6.42 Å². The second kappa shape index (κ2) is 15.3. The van der Waals surface area contributed by atoms with Gasteiger partial charge in [-0.1, -0.05) is 80.2 Å². The molecule has 0 N–H and O–H groups in total. The van der Waals surface area contributed by atoms with E-state index in [1.54, 1.807) is 5.20 Å². The topological polar surface area (TPSA) is 9.23 Å². The Morgan fingerprint density at radius 2 is 1.45 bits per heavy atom. The first-order valence-electron chi connectivity index (χ1n) is 12.0. The SMILES string of the molecule is CCc1cccc2c1C(O[Si](C)(C)C)=C([Si](C)C)C2c1cccc2c1[cH-]c1ccccc12.Cl.Cl.[CH3-].[CH3-].[Si]=[Zr]. The number of aryl methyl sites for hydroxylation is 1. The van der Waals surface area contributed by atoms with E-state index in [9.17, 15) is 0 Å². The molecular weight excluding hydrogens is 635 g/mol. The van der Waals surface area contributed by atoms with Crippen LogP contribution in [0.2, 0.25) is 32.7 Å². The number of hydrogen-bond acceptors (Lipinski definition) is 1. The van der Waals surface area contributed by atoms with E-state index in [-0.39, 0.29) is 45.6 Å². The summed E-state index contributed by atoms with van der Waals surface area (Å²) >= 11 is 1.36. The molecule has 5 rings (SSSR count). The number of halogens is 2. The van der Waals surface area contributed by atoms with Gasteiger partial charge >= 0.3 is 30.2 Å².